The molecule has 1 aromatic carbocycles. The van der Waals surface area contributed by atoms with Gasteiger partial charge in [0.25, 0.3) is 11.8 Å². The van der Waals surface area contributed by atoms with Gasteiger partial charge in [0.2, 0.25) is 5.91 Å². The van der Waals surface area contributed by atoms with Crippen LogP contribution in [0.2, 0.25) is 5.02 Å². The van der Waals surface area contributed by atoms with Crippen molar-refractivity contribution in [2.75, 3.05) is 22.1 Å². The van der Waals surface area contributed by atoms with Gasteiger partial charge in [-0.25, -0.2) is 4.98 Å². The Balaban J connectivity index is 1.46. The minimum absolute atomic E-state index is 0.110. The maximum Gasteiger partial charge on any atom is 0.274 e. The molecule has 0 saturated carbocycles. The van der Waals surface area contributed by atoms with E-state index in [4.69, 9.17) is 11.6 Å². The number of rotatable bonds is 5. The lowest BCUT2D eigenvalue weighted by atomic mass is 10.1. The Kier molecular flexibility index (Phi) is 6.42. The lowest BCUT2D eigenvalue weighted by Gasteiger charge is -2.26. The summed E-state index contributed by atoms with van der Waals surface area (Å²) in [7, 11) is 0. The van der Waals surface area contributed by atoms with Gasteiger partial charge in [0, 0.05) is 42.9 Å². The molecule has 1 aliphatic rings. The first-order valence-corrected chi connectivity index (χ1v) is 10.5. The summed E-state index contributed by atoms with van der Waals surface area (Å²) >= 11 is 5.81. The standard InChI is InChI=1S/C23H20ClN5O3/c24-15-4-9-20(26-13-15)23(32)28-19-10-11-25-14-18(19)22(31)27-16-5-7-17(8-6-16)29-12-2-1-3-21(29)30/h4-11,13-14H,1-3,12H2,(H,27,31)(H,25,28,32). The molecule has 32 heavy (non-hydrogen) atoms. The van der Waals surface area contributed by atoms with Crippen molar-refractivity contribution in [3.63, 3.8) is 0 Å². The number of hydrogen-bond donors (Lipinski definition) is 2. The number of carbonyl (C=O) groups is 3. The zero-order valence-electron chi connectivity index (χ0n) is 17.0. The first-order chi connectivity index (χ1) is 15.5. The van der Waals surface area contributed by atoms with Gasteiger partial charge in [0.1, 0.15) is 5.69 Å². The maximum atomic E-state index is 12.8. The summed E-state index contributed by atoms with van der Waals surface area (Å²) in [5, 5.41) is 5.89. The third-order valence-electron chi connectivity index (χ3n) is 5.03. The molecule has 1 saturated heterocycles. The molecule has 0 unspecified atom stereocenters. The Morgan fingerprint density at radius 2 is 1.75 bits per heavy atom. The summed E-state index contributed by atoms with van der Waals surface area (Å²) in [5.74, 6) is -0.796. The molecule has 8 nitrogen and oxygen atoms in total. The second kappa shape index (κ2) is 9.57. The highest BCUT2D eigenvalue weighted by atomic mass is 35.5. The van der Waals surface area contributed by atoms with E-state index in [1.165, 1.54) is 30.7 Å². The fourth-order valence-electron chi connectivity index (χ4n) is 3.38. The smallest absolute Gasteiger partial charge is 0.274 e. The van der Waals surface area contributed by atoms with Crippen molar-refractivity contribution in [2.45, 2.75) is 19.3 Å². The van der Waals surface area contributed by atoms with Crippen molar-refractivity contribution in [2.24, 2.45) is 0 Å². The molecular formula is C23H20ClN5O3. The normalized spacial score (nSPS) is 13.5. The monoisotopic (exact) mass is 449 g/mol. The van der Waals surface area contributed by atoms with Crippen molar-refractivity contribution in [1.29, 1.82) is 0 Å². The van der Waals surface area contributed by atoms with Crippen molar-refractivity contribution >= 4 is 46.4 Å². The molecule has 162 valence electrons. The molecule has 0 spiro atoms. The quantitative estimate of drug-likeness (QED) is 0.608. The molecule has 3 amide bonds. The Morgan fingerprint density at radius 3 is 2.47 bits per heavy atom. The van der Waals surface area contributed by atoms with Gasteiger partial charge in [-0.15, -0.1) is 0 Å². The van der Waals surface area contributed by atoms with Gasteiger partial charge in [-0.05, 0) is 55.3 Å². The number of nitrogens with zero attached hydrogens (tertiary/aromatic N) is 3. The number of piperidine rings is 1. The molecule has 0 aliphatic carbocycles. The lowest BCUT2D eigenvalue weighted by molar-refractivity contribution is -0.119. The fraction of sp³-hybridized carbons (Fsp3) is 0.174. The van der Waals surface area contributed by atoms with E-state index in [1.807, 2.05) is 0 Å². The third-order valence-corrected chi connectivity index (χ3v) is 5.26. The first kappa shape index (κ1) is 21.5. The fourth-order valence-corrected chi connectivity index (χ4v) is 3.49. The highest BCUT2D eigenvalue weighted by molar-refractivity contribution is 6.30. The highest BCUT2D eigenvalue weighted by Crippen LogP contribution is 2.24. The van der Waals surface area contributed by atoms with E-state index in [9.17, 15) is 14.4 Å². The Bertz CT molecular complexity index is 1150. The summed E-state index contributed by atoms with van der Waals surface area (Å²) in [6.07, 6.45) is 6.68. The van der Waals surface area contributed by atoms with Gasteiger partial charge < -0.3 is 15.5 Å². The first-order valence-electron chi connectivity index (χ1n) is 10.1. The van der Waals surface area contributed by atoms with Gasteiger partial charge in [-0.2, -0.15) is 0 Å². The van der Waals surface area contributed by atoms with E-state index in [0.29, 0.717) is 29.4 Å². The number of benzene rings is 1. The van der Waals surface area contributed by atoms with E-state index >= 15 is 0 Å². The number of aromatic nitrogens is 2. The average Bonchev–Trinajstić information content (AvgIpc) is 2.81. The van der Waals surface area contributed by atoms with Crippen LogP contribution in [-0.2, 0) is 4.79 Å². The Morgan fingerprint density at radius 1 is 0.938 bits per heavy atom. The Hall–Kier alpha value is -3.78. The summed E-state index contributed by atoms with van der Waals surface area (Å²) in [4.78, 5) is 47.1. The number of halogens is 1. The SMILES string of the molecule is O=C(Nc1ccncc1C(=O)Nc1ccc(N2CCCCC2=O)cc1)c1ccc(Cl)cn1. The topological polar surface area (TPSA) is 104 Å². The zero-order valence-corrected chi connectivity index (χ0v) is 17.8. The van der Waals surface area contributed by atoms with E-state index in [0.717, 1.165) is 18.5 Å². The van der Waals surface area contributed by atoms with E-state index in [2.05, 4.69) is 20.6 Å². The van der Waals surface area contributed by atoms with Crippen LogP contribution in [0.25, 0.3) is 0 Å². The van der Waals surface area contributed by atoms with Crippen LogP contribution in [0.3, 0.4) is 0 Å². The molecule has 0 bridgehead atoms. The molecule has 3 heterocycles. The van der Waals surface area contributed by atoms with Gasteiger partial charge in [-0.1, -0.05) is 11.6 Å². The third kappa shape index (κ3) is 4.92. The highest BCUT2D eigenvalue weighted by Gasteiger charge is 2.20. The largest absolute Gasteiger partial charge is 0.322 e. The molecule has 2 N–H and O–H groups in total. The van der Waals surface area contributed by atoms with E-state index in [-0.39, 0.29) is 17.2 Å². The molecule has 0 radical (unpaired) electrons. The second-order valence-electron chi connectivity index (χ2n) is 7.24. The number of nitrogens with one attached hydrogen (secondary N) is 2. The van der Waals surface area contributed by atoms with Crippen LogP contribution in [0.4, 0.5) is 17.1 Å². The van der Waals surface area contributed by atoms with Crippen LogP contribution < -0.4 is 15.5 Å². The van der Waals surface area contributed by atoms with Crippen LogP contribution in [0.5, 0.6) is 0 Å². The molecule has 1 fully saturated rings. The summed E-state index contributed by atoms with van der Waals surface area (Å²) in [6, 6.07) is 11.7. The van der Waals surface area contributed by atoms with Gasteiger partial charge >= 0.3 is 0 Å². The molecule has 0 atom stereocenters. The van der Waals surface area contributed by atoms with Crippen molar-refractivity contribution < 1.29 is 14.4 Å². The van der Waals surface area contributed by atoms with Gasteiger partial charge in [0.15, 0.2) is 0 Å². The predicted octanol–water partition coefficient (Wildman–Crippen LogP) is 4.15. The molecule has 3 aromatic rings. The minimum atomic E-state index is -0.475. The van der Waals surface area contributed by atoms with Crippen molar-refractivity contribution in [3.05, 3.63) is 77.3 Å². The number of carbonyl (C=O) groups excluding carboxylic acids is 3. The minimum Gasteiger partial charge on any atom is -0.322 e. The van der Waals surface area contributed by atoms with Gasteiger partial charge in [0.05, 0.1) is 16.3 Å². The van der Waals surface area contributed by atoms with Crippen LogP contribution in [0.15, 0.2) is 61.1 Å². The van der Waals surface area contributed by atoms with E-state index < -0.39 is 11.8 Å². The Labute approximate surface area is 189 Å². The zero-order chi connectivity index (χ0) is 22.5. The number of amides is 3. The summed E-state index contributed by atoms with van der Waals surface area (Å²) < 4.78 is 0. The molecule has 9 heteroatoms. The molecule has 1 aliphatic heterocycles. The number of hydrogen-bond acceptors (Lipinski definition) is 5. The summed E-state index contributed by atoms with van der Waals surface area (Å²) in [5.41, 5.74) is 2.03. The van der Waals surface area contributed by atoms with Crippen molar-refractivity contribution in [1.82, 2.24) is 9.97 Å². The molecular weight excluding hydrogens is 430 g/mol. The van der Waals surface area contributed by atoms with Crippen LogP contribution in [0, 0.1) is 0 Å². The summed E-state index contributed by atoms with van der Waals surface area (Å²) in [6.45, 7) is 0.700. The van der Waals surface area contributed by atoms with Crippen LogP contribution in [-0.4, -0.2) is 34.2 Å². The molecule has 2 aromatic heterocycles. The van der Waals surface area contributed by atoms with Crippen molar-refractivity contribution in [3.8, 4) is 0 Å². The molecule has 4 rings (SSSR count). The van der Waals surface area contributed by atoms with Crippen LogP contribution in [0.1, 0.15) is 40.1 Å². The number of pyridine rings is 2. The van der Waals surface area contributed by atoms with Gasteiger partial charge in [-0.3, -0.25) is 19.4 Å². The maximum absolute atomic E-state index is 12.8. The average molecular weight is 450 g/mol. The van der Waals surface area contributed by atoms with Crippen LogP contribution >= 0.6 is 11.6 Å². The lowest BCUT2D eigenvalue weighted by Crippen LogP contribution is -2.35. The second-order valence-corrected chi connectivity index (χ2v) is 7.68. The predicted molar refractivity (Wildman–Crippen MR) is 122 cm³/mol. The number of anilines is 3. The van der Waals surface area contributed by atoms with E-state index in [1.54, 1.807) is 35.2 Å².